The number of nitrogens with one attached hydrogen (secondary N) is 1. The Balaban J connectivity index is 1.82. The van der Waals surface area contributed by atoms with Gasteiger partial charge in [-0.25, -0.2) is 4.79 Å². The quantitative estimate of drug-likeness (QED) is 0.796. The molecule has 2 amide bonds. The zero-order chi connectivity index (χ0) is 18.2. The second-order valence-electron chi connectivity index (χ2n) is 5.86. The number of nitrogens with zero attached hydrogens (tertiary/aromatic N) is 1. The Morgan fingerprint density at radius 2 is 1.84 bits per heavy atom. The number of likely N-dealkylation sites (tertiary alicyclic amines) is 1. The van der Waals surface area contributed by atoms with Gasteiger partial charge in [-0.1, -0.05) is 6.07 Å². The fourth-order valence-corrected chi connectivity index (χ4v) is 2.86. The molecule has 1 aromatic rings. The molecule has 0 spiro atoms. The molecule has 1 saturated heterocycles. The van der Waals surface area contributed by atoms with E-state index >= 15 is 0 Å². The first kappa shape index (κ1) is 18.9. The summed E-state index contributed by atoms with van der Waals surface area (Å²) in [5, 5.41) is 2.90. The first-order chi connectivity index (χ1) is 12.1. The average Bonchev–Trinajstić information content (AvgIpc) is 2.66. The van der Waals surface area contributed by atoms with Crippen LogP contribution in [0.1, 0.15) is 25.3 Å². The Morgan fingerprint density at radius 3 is 2.44 bits per heavy atom. The average molecular weight is 350 g/mol. The van der Waals surface area contributed by atoms with E-state index in [1.54, 1.807) is 26.0 Å². The van der Waals surface area contributed by atoms with Gasteiger partial charge >= 0.3 is 12.0 Å². The summed E-state index contributed by atoms with van der Waals surface area (Å²) in [5.74, 6) is 1.02. The van der Waals surface area contributed by atoms with E-state index in [-0.39, 0.29) is 17.9 Å². The highest BCUT2D eigenvalue weighted by atomic mass is 16.5. The Kier molecular flexibility index (Phi) is 6.91. The van der Waals surface area contributed by atoms with Gasteiger partial charge in [-0.2, -0.15) is 0 Å². The van der Waals surface area contributed by atoms with Crippen LogP contribution in [-0.4, -0.2) is 50.8 Å². The standard InChI is InChI=1S/C18H26N2O5/c1-4-25-17(21)14-7-9-20(10-8-14)18(22)19-12-13-5-6-15(23-2)16(11-13)24-3/h5-6,11,14H,4,7-10,12H2,1-3H3,(H,19,22). The van der Waals surface area contributed by atoms with Crippen molar-refractivity contribution in [2.45, 2.75) is 26.3 Å². The van der Waals surface area contributed by atoms with Crippen LogP contribution in [0.4, 0.5) is 4.79 Å². The maximum absolute atomic E-state index is 12.3. The lowest BCUT2D eigenvalue weighted by Crippen LogP contribution is -2.45. The molecular weight excluding hydrogens is 324 g/mol. The summed E-state index contributed by atoms with van der Waals surface area (Å²) >= 11 is 0. The molecule has 0 radical (unpaired) electrons. The first-order valence-corrected chi connectivity index (χ1v) is 8.49. The van der Waals surface area contributed by atoms with Gasteiger partial charge in [-0.05, 0) is 37.5 Å². The SMILES string of the molecule is CCOC(=O)C1CCN(C(=O)NCc2ccc(OC)c(OC)c2)CC1. The van der Waals surface area contributed by atoms with Crippen molar-refractivity contribution in [1.29, 1.82) is 0 Å². The molecule has 1 fully saturated rings. The number of ether oxygens (including phenoxy) is 3. The lowest BCUT2D eigenvalue weighted by molar-refractivity contribution is -0.149. The van der Waals surface area contributed by atoms with Crippen molar-refractivity contribution in [3.63, 3.8) is 0 Å². The van der Waals surface area contributed by atoms with E-state index in [9.17, 15) is 9.59 Å². The molecule has 7 heteroatoms. The van der Waals surface area contributed by atoms with Crippen molar-refractivity contribution in [1.82, 2.24) is 10.2 Å². The van der Waals surface area contributed by atoms with Crippen LogP contribution in [0.15, 0.2) is 18.2 Å². The van der Waals surface area contributed by atoms with Gasteiger partial charge < -0.3 is 24.4 Å². The summed E-state index contributed by atoms with van der Waals surface area (Å²) in [6.45, 7) is 3.71. The molecule has 0 unspecified atom stereocenters. The number of methoxy groups -OCH3 is 2. The van der Waals surface area contributed by atoms with Crippen LogP contribution in [0.2, 0.25) is 0 Å². The lowest BCUT2D eigenvalue weighted by Gasteiger charge is -2.30. The van der Waals surface area contributed by atoms with Crippen molar-refractivity contribution < 1.29 is 23.8 Å². The molecule has 0 aliphatic carbocycles. The molecule has 0 bridgehead atoms. The zero-order valence-corrected chi connectivity index (χ0v) is 15.0. The van der Waals surface area contributed by atoms with Crippen LogP contribution in [-0.2, 0) is 16.1 Å². The van der Waals surface area contributed by atoms with Crippen LogP contribution >= 0.6 is 0 Å². The summed E-state index contributed by atoms with van der Waals surface area (Å²) in [4.78, 5) is 25.8. The molecule has 0 saturated carbocycles. The van der Waals surface area contributed by atoms with Crippen LogP contribution in [0.5, 0.6) is 11.5 Å². The molecule has 1 heterocycles. The summed E-state index contributed by atoms with van der Waals surface area (Å²) in [5.41, 5.74) is 0.924. The topological polar surface area (TPSA) is 77.1 Å². The molecule has 0 atom stereocenters. The minimum absolute atomic E-state index is 0.102. The minimum Gasteiger partial charge on any atom is -0.493 e. The number of rotatable bonds is 6. The van der Waals surface area contributed by atoms with E-state index in [1.165, 1.54) is 0 Å². The zero-order valence-electron chi connectivity index (χ0n) is 15.0. The van der Waals surface area contributed by atoms with Crippen molar-refractivity contribution in [3.05, 3.63) is 23.8 Å². The Labute approximate surface area is 148 Å². The van der Waals surface area contributed by atoms with E-state index in [4.69, 9.17) is 14.2 Å². The van der Waals surface area contributed by atoms with Gasteiger partial charge in [-0.3, -0.25) is 4.79 Å². The van der Waals surface area contributed by atoms with E-state index in [0.717, 1.165) is 5.56 Å². The number of hydrogen-bond acceptors (Lipinski definition) is 5. The van der Waals surface area contributed by atoms with Crippen LogP contribution in [0.25, 0.3) is 0 Å². The number of piperidine rings is 1. The largest absolute Gasteiger partial charge is 0.493 e. The van der Waals surface area contributed by atoms with Crippen molar-refractivity contribution in [3.8, 4) is 11.5 Å². The highest BCUT2D eigenvalue weighted by Crippen LogP contribution is 2.27. The monoisotopic (exact) mass is 350 g/mol. The second-order valence-corrected chi connectivity index (χ2v) is 5.86. The molecular formula is C18H26N2O5. The molecule has 1 aromatic carbocycles. The Hall–Kier alpha value is -2.44. The molecule has 1 aliphatic rings. The fourth-order valence-electron chi connectivity index (χ4n) is 2.86. The number of carbonyl (C=O) groups excluding carboxylic acids is 2. The van der Waals surface area contributed by atoms with Crippen LogP contribution in [0.3, 0.4) is 0 Å². The summed E-state index contributed by atoms with van der Waals surface area (Å²) in [7, 11) is 3.16. The third-order valence-corrected chi connectivity index (χ3v) is 4.29. The minimum atomic E-state index is -0.159. The third kappa shape index (κ3) is 5.01. The molecule has 25 heavy (non-hydrogen) atoms. The first-order valence-electron chi connectivity index (χ1n) is 8.49. The summed E-state index contributed by atoms with van der Waals surface area (Å²) < 4.78 is 15.5. The van der Waals surface area contributed by atoms with Gasteiger partial charge in [-0.15, -0.1) is 0 Å². The van der Waals surface area contributed by atoms with Gasteiger partial charge in [0.15, 0.2) is 11.5 Å². The molecule has 2 rings (SSSR count). The van der Waals surface area contributed by atoms with Crippen LogP contribution in [0, 0.1) is 5.92 Å². The van der Waals surface area contributed by atoms with Crippen molar-refractivity contribution in [2.75, 3.05) is 33.9 Å². The lowest BCUT2D eigenvalue weighted by atomic mass is 9.97. The predicted molar refractivity (Wildman–Crippen MR) is 92.7 cm³/mol. The van der Waals surface area contributed by atoms with Crippen LogP contribution < -0.4 is 14.8 Å². The number of amides is 2. The van der Waals surface area contributed by atoms with Crippen molar-refractivity contribution >= 4 is 12.0 Å². The van der Waals surface area contributed by atoms with E-state index in [1.807, 2.05) is 18.2 Å². The van der Waals surface area contributed by atoms with E-state index < -0.39 is 0 Å². The van der Waals surface area contributed by atoms with Gasteiger partial charge in [0, 0.05) is 19.6 Å². The maximum atomic E-state index is 12.3. The number of esters is 1. The molecule has 138 valence electrons. The van der Waals surface area contributed by atoms with Gasteiger partial charge in [0.2, 0.25) is 0 Å². The summed E-state index contributed by atoms with van der Waals surface area (Å²) in [6, 6.07) is 5.41. The number of benzene rings is 1. The number of hydrogen-bond donors (Lipinski definition) is 1. The molecule has 1 aliphatic heterocycles. The molecule has 1 N–H and O–H groups in total. The normalized spacial score (nSPS) is 14.8. The Bertz CT molecular complexity index is 597. The predicted octanol–water partition coefficient (Wildman–Crippen LogP) is 2.19. The van der Waals surface area contributed by atoms with Gasteiger partial charge in [0.05, 0.1) is 26.7 Å². The van der Waals surface area contributed by atoms with Gasteiger partial charge in [0.25, 0.3) is 0 Å². The summed E-state index contributed by atoms with van der Waals surface area (Å²) in [6.07, 6.45) is 1.28. The molecule has 0 aromatic heterocycles. The number of urea groups is 1. The van der Waals surface area contributed by atoms with E-state index in [2.05, 4.69) is 5.32 Å². The van der Waals surface area contributed by atoms with Gasteiger partial charge in [0.1, 0.15) is 0 Å². The highest BCUT2D eigenvalue weighted by molar-refractivity contribution is 5.76. The second kappa shape index (κ2) is 9.15. The maximum Gasteiger partial charge on any atom is 0.317 e. The smallest absolute Gasteiger partial charge is 0.317 e. The molecule has 7 nitrogen and oxygen atoms in total. The third-order valence-electron chi connectivity index (χ3n) is 4.29. The number of carbonyl (C=O) groups is 2. The Morgan fingerprint density at radius 1 is 1.16 bits per heavy atom. The van der Waals surface area contributed by atoms with E-state index in [0.29, 0.717) is 50.6 Å². The highest BCUT2D eigenvalue weighted by Gasteiger charge is 2.28. The van der Waals surface area contributed by atoms with Crippen molar-refractivity contribution in [2.24, 2.45) is 5.92 Å². The fraction of sp³-hybridized carbons (Fsp3) is 0.556.